The van der Waals surface area contributed by atoms with E-state index in [9.17, 15) is 13.8 Å². The minimum Gasteiger partial charge on any atom is -0.496 e. The molecule has 0 aromatic heterocycles. The van der Waals surface area contributed by atoms with Crippen LogP contribution in [0.15, 0.2) is 18.2 Å². The summed E-state index contributed by atoms with van der Waals surface area (Å²) in [5.41, 5.74) is 5.35. The van der Waals surface area contributed by atoms with Crippen molar-refractivity contribution in [2.45, 2.75) is 0 Å². The van der Waals surface area contributed by atoms with Crippen LogP contribution in [0.3, 0.4) is 0 Å². The third-order valence-corrected chi connectivity index (χ3v) is 2.53. The Bertz CT molecular complexity index is 503. The Morgan fingerprint density at radius 2 is 2.17 bits per heavy atom. The Kier molecular flexibility index (Phi) is 4.81. The van der Waals surface area contributed by atoms with Crippen LogP contribution in [-0.2, 0) is 11.1 Å². The van der Waals surface area contributed by atoms with Crippen molar-refractivity contribution in [2.75, 3.05) is 18.2 Å². The molecule has 0 spiro atoms. The molecule has 4 N–H and O–H groups in total. The highest BCUT2D eigenvalue weighted by atomic mass is 32.2. The standard InChI is InChI=1S/C10H12N2O5S/c1-17-9-3-2-6(12-10(11)14)4-7(9)8(13)5-18(15)16/h2-4H,5H2,1H3,(H,15,16)(H3,11,12,14). The Labute approximate surface area is 106 Å². The van der Waals surface area contributed by atoms with Crippen LogP contribution in [-0.4, -0.2) is 33.4 Å². The van der Waals surface area contributed by atoms with Gasteiger partial charge in [0.1, 0.15) is 11.5 Å². The van der Waals surface area contributed by atoms with Crippen molar-refractivity contribution in [3.05, 3.63) is 23.8 Å². The summed E-state index contributed by atoms with van der Waals surface area (Å²) in [6, 6.07) is 3.51. The molecule has 0 saturated carbocycles. The lowest BCUT2D eigenvalue weighted by Crippen LogP contribution is -2.20. The first kappa shape index (κ1) is 14.1. The molecule has 2 amide bonds. The maximum Gasteiger partial charge on any atom is 0.316 e. The topological polar surface area (TPSA) is 119 Å². The minimum absolute atomic E-state index is 0.103. The highest BCUT2D eigenvalue weighted by Crippen LogP contribution is 2.23. The highest BCUT2D eigenvalue weighted by molar-refractivity contribution is 7.80. The molecule has 1 aromatic rings. The Hall–Kier alpha value is -1.93. The quantitative estimate of drug-likeness (QED) is 0.535. The Morgan fingerprint density at radius 3 is 2.67 bits per heavy atom. The second kappa shape index (κ2) is 6.12. The van der Waals surface area contributed by atoms with Crippen LogP contribution in [0.1, 0.15) is 10.4 Å². The van der Waals surface area contributed by atoms with E-state index in [1.165, 1.54) is 25.3 Å². The molecule has 0 fully saturated rings. The highest BCUT2D eigenvalue weighted by Gasteiger charge is 2.15. The zero-order valence-electron chi connectivity index (χ0n) is 9.50. The largest absolute Gasteiger partial charge is 0.496 e. The van der Waals surface area contributed by atoms with E-state index in [1.54, 1.807) is 0 Å². The fourth-order valence-corrected chi connectivity index (χ4v) is 1.72. The second-order valence-electron chi connectivity index (χ2n) is 3.29. The third-order valence-electron chi connectivity index (χ3n) is 2.02. The lowest BCUT2D eigenvalue weighted by atomic mass is 10.1. The van der Waals surface area contributed by atoms with Crippen molar-refractivity contribution < 1.29 is 23.1 Å². The Balaban J connectivity index is 3.09. The van der Waals surface area contributed by atoms with Crippen LogP contribution in [0, 0.1) is 0 Å². The minimum atomic E-state index is -2.24. The normalized spacial score (nSPS) is 11.7. The van der Waals surface area contributed by atoms with Gasteiger partial charge in [-0.1, -0.05) is 0 Å². The fourth-order valence-electron chi connectivity index (χ4n) is 1.34. The van der Waals surface area contributed by atoms with Gasteiger partial charge in [-0.3, -0.25) is 4.79 Å². The van der Waals surface area contributed by atoms with Crippen molar-refractivity contribution in [3.63, 3.8) is 0 Å². The summed E-state index contributed by atoms with van der Waals surface area (Å²) in [6.45, 7) is 0. The number of methoxy groups -OCH3 is 1. The second-order valence-corrected chi connectivity index (χ2v) is 4.22. The first-order chi connectivity index (χ1) is 8.43. The summed E-state index contributed by atoms with van der Waals surface area (Å²) in [6.07, 6.45) is 0. The van der Waals surface area contributed by atoms with Gasteiger partial charge in [-0.2, -0.15) is 0 Å². The summed E-state index contributed by atoms with van der Waals surface area (Å²) in [4.78, 5) is 22.4. The summed E-state index contributed by atoms with van der Waals surface area (Å²) in [7, 11) is 1.36. The maximum atomic E-state index is 11.7. The molecule has 0 bridgehead atoms. The fraction of sp³-hybridized carbons (Fsp3) is 0.200. The van der Waals surface area contributed by atoms with Gasteiger partial charge in [0, 0.05) is 5.69 Å². The number of hydrogen-bond acceptors (Lipinski definition) is 4. The van der Waals surface area contributed by atoms with Crippen LogP contribution in [0.25, 0.3) is 0 Å². The number of primary amides is 1. The lowest BCUT2D eigenvalue weighted by molar-refractivity contribution is 0.101. The molecule has 0 heterocycles. The van der Waals surface area contributed by atoms with Crippen LogP contribution in [0.2, 0.25) is 0 Å². The number of ketones is 1. The van der Waals surface area contributed by atoms with Crippen LogP contribution < -0.4 is 15.8 Å². The van der Waals surface area contributed by atoms with Gasteiger partial charge in [0.25, 0.3) is 0 Å². The summed E-state index contributed by atoms with van der Waals surface area (Å²) >= 11 is -2.24. The molecule has 0 aliphatic heterocycles. The van der Waals surface area contributed by atoms with Crippen LogP contribution >= 0.6 is 0 Å². The number of amides is 2. The number of nitrogens with one attached hydrogen (secondary N) is 1. The summed E-state index contributed by atoms with van der Waals surface area (Å²) < 4.78 is 24.3. The van der Waals surface area contributed by atoms with Gasteiger partial charge in [0.2, 0.25) is 0 Å². The number of ether oxygens (including phenoxy) is 1. The third kappa shape index (κ3) is 3.82. The molecule has 7 nitrogen and oxygen atoms in total. The van der Waals surface area contributed by atoms with E-state index in [4.69, 9.17) is 15.0 Å². The van der Waals surface area contributed by atoms with E-state index in [2.05, 4.69) is 5.32 Å². The molecule has 0 radical (unpaired) electrons. The average molecular weight is 272 g/mol. The van der Waals surface area contributed by atoms with Crippen molar-refractivity contribution in [2.24, 2.45) is 5.73 Å². The van der Waals surface area contributed by atoms with Gasteiger partial charge >= 0.3 is 6.03 Å². The van der Waals surface area contributed by atoms with Gasteiger partial charge in [0.15, 0.2) is 16.9 Å². The van der Waals surface area contributed by atoms with Crippen molar-refractivity contribution >= 4 is 28.6 Å². The van der Waals surface area contributed by atoms with Gasteiger partial charge < -0.3 is 20.3 Å². The molecule has 98 valence electrons. The monoisotopic (exact) mass is 272 g/mol. The van der Waals surface area contributed by atoms with Gasteiger partial charge in [-0.05, 0) is 18.2 Å². The first-order valence-electron chi connectivity index (χ1n) is 4.79. The van der Waals surface area contributed by atoms with Crippen molar-refractivity contribution in [1.82, 2.24) is 0 Å². The van der Waals surface area contributed by atoms with Crippen LogP contribution in [0.5, 0.6) is 5.75 Å². The molecular formula is C10H12N2O5S. The van der Waals surface area contributed by atoms with Gasteiger partial charge in [0.05, 0.1) is 12.7 Å². The smallest absolute Gasteiger partial charge is 0.316 e. The molecule has 18 heavy (non-hydrogen) atoms. The number of urea groups is 1. The number of Topliss-reactive ketones (excluding diaryl/α,β-unsaturated/α-hetero) is 1. The number of rotatable bonds is 5. The van der Waals surface area contributed by atoms with Gasteiger partial charge in [-0.25, -0.2) is 9.00 Å². The summed E-state index contributed by atoms with van der Waals surface area (Å²) in [5.74, 6) is -0.864. The van der Waals surface area contributed by atoms with E-state index < -0.39 is 28.6 Å². The summed E-state index contributed by atoms with van der Waals surface area (Å²) in [5, 5.41) is 2.30. The number of carbonyl (C=O) groups is 2. The predicted molar refractivity (Wildman–Crippen MR) is 66.2 cm³/mol. The average Bonchev–Trinajstić information content (AvgIpc) is 2.27. The molecule has 1 rings (SSSR count). The number of hydrogen-bond donors (Lipinski definition) is 3. The molecular weight excluding hydrogens is 260 g/mol. The van der Waals surface area contributed by atoms with E-state index >= 15 is 0 Å². The molecule has 0 saturated heterocycles. The van der Waals surface area contributed by atoms with Gasteiger partial charge in [-0.15, -0.1) is 0 Å². The van der Waals surface area contributed by atoms with E-state index in [0.29, 0.717) is 5.69 Å². The number of carbonyl (C=O) groups excluding carboxylic acids is 2. The van der Waals surface area contributed by atoms with Crippen LogP contribution in [0.4, 0.5) is 10.5 Å². The molecule has 1 atom stereocenters. The predicted octanol–water partition coefficient (Wildman–Crippen LogP) is 0.590. The number of benzene rings is 1. The molecule has 1 aromatic carbocycles. The lowest BCUT2D eigenvalue weighted by Gasteiger charge is -2.09. The molecule has 8 heteroatoms. The number of nitrogens with two attached hydrogens (primary N) is 1. The zero-order chi connectivity index (χ0) is 13.7. The van der Waals surface area contributed by atoms with Crippen molar-refractivity contribution in [1.29, 1.82) is 0 Å². The number of anilines is 1. The molecule has 0 aliphatic carbocycles. The van der Waals surface area contributed by atoms with Crippen molar-refractivity contribution in [3.8, 4) is 5.75 Å². The zero-order valence-corrected chi connectivity index (χ0v) is 10.3. The maximum absolute atomic E-state index is 11.7. The SMILES string of the molecule is COc1ccc(NC(N)=O)cc1C(=O)CS(=O)O. The molecule has 1 unspecified atom stereocenters. The molecule has 0 aliphatic rings. The van der Waals surface area contributed by atoms with E-state index in [-0.39, 0.29) is 11.3 Å². The van der Waals surface area contributed by atoms with E-state index in [0.717, 1.165) is 0 Å². The Morgan fingerprint density at radius 1 is 1.50 bits per heavy atom. The van der Waals surface area contributed by atoms with E-state index in [1.807, 2.05) is 0 Å². The first-order valence-corrected chi connectivity index (χ1v) is 6.06.